The summed E-state index contributed by atoms with van der Waals surface area (Å²) in [7, 11) is 0. The summed E-state index contributed by atoms with van der Waals surface area (Å²) in [6.07, 6.45) is 4.38. The van der Waals surface area contributed by atoms with E-state index in [1.54, 1.807) is 11.1 Å². The monoisotopic (exact) mass is 356 g/mol. The lowest BCUT2D eigenvalue weighted by Crippen LogP contribution is -2.41. The normalized spacial score (nSPS) is 26.2. The molecule has 3 aliphatic heterocycles. The van der Waals surface area contributed by atoms with E-state index >= 15 is 0 Å². The Balaban J connectivity index is 1.34. The van der Waals surface area contributed by atoms with Gasteiger partial charge in [0, 0.05) is 45.2 Å². The van der Waals surface area contributed by atoms with Crippen LogP contribution in [0.1, 0.15) is 31.4 Å². The number of nitrogens with zero attached hydrogens (tertiary/aromatic N) is 4. The Kier molecular flexibility index (Phi) is 4.61. The lowest BCUT2D eigenvalue weighted by molar-refractivity contribution is -0.136. The predicted octanol–water partition coefficient (Wildman–Crippen LogP) is 0.653. The summed E-state index contributed by atoms with van der Waals surface area (Å²) >= 11 is 0. The molecule has 2 atom stereocenters. The van der Waals surface area contributed by atoms with Crippen molar-refractivity contribution in [2.24, 2.45) is 5.92 Å². The molecule has 7 nitrogen and oxygen atoms in total. The van der Waals surface area contributed by atoms with Crippen LogP contribution in [0.5, 0.6) is 0 Å². The van der Waals surface area contributed by atoms with E-state index in [0.29, 0.717) is 32.6 Å². The highest BCUT2D eigenvalue weighted by molar-refractivity contribution is 5.89. The van der Waals surface area contributed by atoms with Gasteiger partial charge in [0.25, 0.3) is 0 Å². The minimum atomic E-state index is -0.278. The third-order valence-electron chi connectivity index (χ3n) is 5.67. The molecule has 0 radical (unpaired) electrons. The lowest BCUT2D eigenvalue weighted by Gasteiger charge is -2.25. The lowest BCUT2D eigenvalue weighted by atomic mass is 10.1. The summed E-state index contributed by atoms with van der Waals surface area (Å²) in [4.78, 5) is 46.8. The number of carbonyl (C=O) groups is 3. The van der Waals surface area contributed by atoms with Crippen molar-refractivity contribution in [3.63, 3.8) is 0 Å². The summed E-state index contributed by atoms with van der Waals surface area (Å²) in [6, 6.07) is 5.78. The Bertz CT molecular complexity index is 708. The van der Waals surface area contributed by atoms with Gasteiger partial charge in [-0.2, -0.15) is 0 Å². The van der Waals surface area contributed by atoms with Crippen molar-refractivity contribution < 1.29 is 14.4 Å². The summed E-state index contributed by atoms with van der Waals surface area (Å²) in [6.45, 7) is 3.01. The molecule has 138 valence electrons. The molecule has 0 N–H and O–H groups in total. The zero-order valence-electron chi connectivity index (χ0n) is 14.8. The van der Waals surface area contributed by atoms with Crippen LogP contribution in [0.15, 0.2) is 24.4 Å². The van der Waals surface area contributed by atoms with Crippen LogP contribution in [-0.2, 0) is 20.9 Å². The molecule has 0 saturated carbocycles. The van der Waals surface area contributed by atoms with Crippen molar-refractivity contribution >= 4 is 17.7 Å². The fourth-order valence-electron chi connectivity index (χ4n) is 4.29. The number of hydrogen-bond acceptors (Lipinski definition) is 4. The fraction of sp³-hybridized carbons (Fsp3) is 0.579. The van der Waals surface area contributed by atoms with E-state index in [4.69, 9.17) is 0 Å². The number of hydrogen-bond donors (Lipinski definition) is 0. The van der Waals surface area contributed by atoms with Gasteiger partial charge in [-0.3, -0.25) is 19.4 Å². The number of carbonyl (C=O) groups excluding carboxylic acids is 3. The molecule has 1 aromatic heterocycles. The Hall–Kier alpha value is -2.44. The molecule has 1 aromatic rings. The zero-order chi connectivity index (χ0) is 18.1. The molecule has 3 aliphatic rings. The first-order chi connectivity index (χ1) is 12.6. The third-order valence-corrected chi connectivity index (χ3v) is 5.67. The summed E-state index contributed by atoms with van der Waals surface area (Å²) < 4.78 is 0. The van der Waals surface area contributed by atoms with Gasteiger partial charge in [-0.05, 0) is 25.0 Å². The molecule has 26 heavy (non-hydrogen) atoms. The summed E-state index contributed by atoms with van der Waals surface area (Å²) in [5, 5.41) is 0. The van der Waals surface area contributed by atoms with E-state index in [1.165, 1.54) is 0 Å². The molecule has 0 aromatic carbocycles. The van der Waals surface area contributed by atoms with Gasteiger partial charge in [-0.1, -0.05) is 6.07 Å². The van der Waals surface area contributed by atoms with Gasteiger partial charge in [0.15, 0.2) is 0 Å². The maximum absolute atomic E-state index is 12.9. The minimum Gasteiger partial charge on any atom is -0.340 e. The summed E-state index contributed by atoms with van der Waals surface area (Å²) in [5.41, 5.74) is 0.836. The molecule has 7 heteroatoms. The maximum atomic E-state index is 12.9. The van der Waals surface area contributed by atoms with E-state index in [0.717, 1.165) is 25.1 Å². The second kappa shape index (κ2) is 7.05. The Morgan fingerprint density at radius 2 is 2.04 bits per heavy atom. The van der Waals surface area contributed by atoms with Crippen LogP contribution in [0.2, 0.25) is 0 Å². The second-order valence-corrected chi connectivity index (χ2v) is 7.41. The van der Waals surface area contributed by atoms with Gasteiger partial charge < -0.3 is 14.7 Å². The van der Waals surface area contributed by atoms with Crippen molar-refractivity contribution in [1.82, 2.24) is 19.7 Å². The van der Waals surface area contributed by atoms with Crippen molar-refractivity contribution in [2.45, 2.75) is 38.3 Å². The molecule has 0 aliphatic carbocycles. The van der Waals surface area contributed by atoms with E-state index in [9.17, 15) is 14.4 Å². The molecule has 3 fully saturated rings. The van der Waals surface area contributed by atoms with Crippen molar-refractivity contribution in [2.75, 3.05) is 26.2 Å². The number of rotatable bonds is 4. The smallest absolute Gasteiger partial charge is 0.228 e. The molecular weight excluding hydrogens is 332 g/mol. The second-order valence-electron chi connectivity index (χ2n) is 7.41. The number of amides is 3. The van der Waals surface area contributed by atoms with Crippen LogP contribution < -0.4 is 0 Å². The first kappa shape index (κ1) is 17.0. The average molecular weight is 356 g/mol. The Morgan fingerprint density at radius 1 is 1.15 bits per heavy atom. The number of pyridine rings is 1. The van der Waals surface area contributed by atoms with Gasteiger partial charge in [-0.25, -0.2) is 0 Å². The SMILES string of the molecule is O=C1C[C@H](C(=O)N2CC[C@H](N3CCCC3=O)C2)CN1Cc1ccccn1. The van der Waals surface area contributed by atoms with Gasteiger partial charge in [0.1, 0.15) is 0 Å². The number of likely N-dealkylation sites (tertiary alicyclic amines) is 3. The highest BCUT2D eigenvalue weighted by Crippen LogP contribution is 2.26. The molecule has 4 rings (SSSR count). The van der Waals surface area contributed by atoms with E-state index in [1.807, 2.05) is 28.0 Å². The van der Waals surface area contributed by atoms with Crippen LogP contribution in [0.3, 0.4) is 0 Å². The van der Waals surface area contributed by atoms with Crippen LogP contribution in [0, 0.1) is 5.92 Å². The predicted molar refractivity (Wildman–Crippen MR) is 93.7 cm³/mol. The maximum Gasteiger partial charge on any atom is 0.228 e. The molecule has 0 spiro atoms. The summed E-state index contributed by atoms with van der Waals surface area (Å²) in [5.74, 6) is -0.00314. The standard InChI is InChI=1S/C19H24N4O3/c24-17-5-3-8-23(17)16-6-9-21(13-16)19(26)14-10-18(25)22(11-14)12-15-4-1-2-7-20-15/h1-2,4,7,14,16H,3,5-6,8-13H2/t14-,16-/m0/s1. The van der Waals surface area contributed by atoms with E-state index in [2.05, 4.69) is 4.98 Å². The van der Waals surface area contributed by atoms with Crippen molar-refractivity contribution in [3.8, 4) is 0 Å². The number of aromatic nitrogens is 1. The molecule has 0 bridgehead atoms. The topological polar surface area (TPSA) is 73.8 Å². The largest absolute Gasteiger partial charge is 0.340 e. The Labute approximate surface area is 153 Å². The Morgan fingerprint density at radius 3 is 2.77 bits per heavy atom. The van der Waals surface area contributed by atoms with Crippen LogP contribution >= 0.6 is 0 Å². The van der Waals surface area contributed by atoms with E-state index < -0.39 is 0 Å². The van der Waals surface area contributed by atoms with Crippen LogP contribution in [-0.4, -0.2) is 69.6 Å². The molecule has 3 amide bonds. The van der Waals surface area contributed by atoms with Crippen molar-refractivity contribution in [3.05, 3.63) is 30.1 Å². The molecule has 3 saturated heterocycles. The van der Waals surface area contributed by atoms with Crippen LogP contribution in [0.25, 0.3) is 0 Å². The average Bonchev–Trinajstić information content (AvgIpc) is 3.36. The highest BCUT2D eigenvalue weighted by atomic mass is 16.2. The molecule has 4 heterocycles. The molecular formula is C19H24N4O3. The van der Waals surface area contributed by atoms with E-state index in [-0.39, 0.29) is 36.1 Å². The zero-order valence-corrected chi connectivity index (χ0v) is 14.8. The third kappa shape index (κ3) is 3.30. The highest BCUT2D eigenvalue weighted by Gasteiger charge is 2.40. The van der Waals surface area contributed by atoms with Crippen LogP contribution in [0.4, 0.5) is 0 Å². The molecule has 0 unspecified atom stereocenters. The van der Waals surface area contributed by atoms with Gasteiger partial charge >= 0.3 is 0 Å². The first-order valence-corrected chi connectivity index (χ1v) is 9.38. The van der Waals surface area contributed by atoms with Gasteiger partial charge in [0.2, 0.25) is 17.7 Å². The fourth-order valence-corrected chi connectivity index (χ4v) is 4.29. The van der Waals surface area contributed by atoms with Gasteiger partial charge in [-0.15, -0.1) is 0 Å². The quantitative estimate of drug-likeness (QED) is 0.794. The van der Waals surface area contributed by atoms with Gasteiger partial charge in [0.05, 0.1) is 24.2 Å². The van der Waals surface area contributed by atoms with Crippen molar-refractivity contribution in [1.29, 1.82) is 0 Å². The minimum absolute atomic E-state index is 0.0134. The first-order valence-electron chi connectivity index (χ1n) is 9.38.